The maximum Gasteiger partial charge on any atom is 0.218 e. The molecule has 1 unspecified atom stereocenters. The Balaban J connectivity index is 1.89. The number of anilines is 1. The number of hydrogen-bond donors (Lipinski definition) is 1. The first-order chi connectivity index (χ1) is 8.94. The van der Waals surface area contributed by atoms with Gasteiger partial charge in [0, 0.05) is 12.6 Å². The van der Waals surface area contributed by atoms with Crippen molar-refractivity contribution in [3.63, 3.8) is 0 Å². The smallest absolute Gasteiger partial charge is 0.218 e. The fourth-order valence-electron chi connectivity index (χ4n) is 2.02. The summed E-state index contributed by atoms with van der Waals surface area (Å²) in [7, 11) is -2.82. The molecular formula is C12H19N3O3S. The number of ether oxygens (including phenoxy) is 1. The topological polar surface area (TPSA) is 81.2 Å². The summed E-state index contributed by atoms with van der Waals surface area (Å²) in [6, 6.07) is 1.73. The van der Waals surface area contributed by atoms with E-state index in [0.29, 0.717) is 24.0 Å². The molecule has 1 aromatic rings. The summed E-state index contributed by atoms with van der Waals surface area (Å²) in [5, 5.41) is 3.14. The number of rotatable bonds is 5. The highest BCUT2D eigenvalue weighted by Gasteiger charge is 2.27. The van der Waals surface area contributed by atoms with Crippen LogP contribution in [-0.4, -0.2) is 42.5 Å². The van der Waals surface area contributed by atoms with Crippen LogP contribution in [0.5, 0.6) is 5.88 Å². The Labute approximate surface area is 113 Å². The zero-order chi connectivity index (χ0) is 13.9. The second-order valence-electron chi connectivity index (χ2n) is 5.06. The van der Waals surface area contributed by atoms with Crippen LogP contribution >= 0.6 is 0 Å². The van der Waals surface area contributed by atoms with Gasteiger partial charge in [0.1, 0.15) is 12.1 Å². The van der Waals surface area contributed by atoms with Crippen LogP contribution in [-0.2, 0) is 9.84 Å². The van der Waals surface area contributed by atoms with Crippen LogP contribution < -0.4 is 10.1 Å². The van der Waals surface area contributed by atoms with Gasteiger partial charge in [-0.1, -0.05) is 0 Å². The zero-order valence-electron chi connectivity index (χ0n) is 11.2. The molecule has 1 N–H and O–H groups in total. The van der Waals surface area contributed by atoms with E-state index in [9.17, 15) is 8.42 Å². The first kappa shape index (κ1) is 14.0. The summed E-state index contributed by atoms with van der Waals surface area (Å²) in [6.07, 6.45) is 2.21. The molecular weight excluding hydrogens is 266 g/mol. The quantitative estimate of drug-likeness (QED) is 0.873. The van der Waals surface area contributed by atoms with Crippen molar-refractivity contribution >= 4 is 15.7 Å². The fraction of sp³-hybridized carbons (Fsp3) is 0.667. The lowest BCUT2D eigenvalue weighted by molar-refractivity contribution is 0.232. The first-order valence-electron chi connectivity index (χ1n) is 6.37. The van der Waals surface area contributed by atoms with Crippen molar-refractivity contribution < 1.29 is 13.2 Å². The van der Waals surface area contributed by atoms with Crippen LogP contribution in [0.25, 0.3) is 0 Å². The number of nitrogens with zero attached hydrogens (tertiary/aromatic N) is 2. The third-order valence-corrected chi connectivity index (χ3v) is 4.73. The van der Waals surface area contributed by atoms with Gasteiger partial charge in [-0.05, 0) is 26.2 Å². The van der Waals surface area contributed by atoms with Crippen LogP contribution in [0.4, 0.5) is 5.82 Å². The highest BCUT2D eigenvalue weighted by molar-refractivity contribution is 7.91. The van der Waals surface area contributed by atoms with Crippen molar-refractivity contribution in [2.45, 2.75) is 26.4 Å². The molecule has 1 atom stereocenters. The van der Waals surface area contributed by atoms with E-state index >= 15 is 0 Å². The Hall–Kier alpha value is -1.37. The first-order valence-corrected chi connectivity index (χ1v) is 8.20. The second-order valence-corrected chi connectivity index (χ2v) is 7.29. The van der Waals surface area contributed by atoms with E-state index in [1.807, 2.05) is 13.8 Å². The van der Waals surface area contributed by atoms with Crippen molar-refractivity contribution in [3.05, 3.63) is 12.4 Å². The van der Waals surface area contributed by atoms with Crippen LogP contribution in [0.15, 0.2) is 12.4 Å². The van der Waals surface area contributed by atoms with Gasteiger partial charge in [0.2, 0.25) is 5.88 Å². The van der Waals surface area contributed by atoms with Crippen molar-refractivity contribution in [2.24, 2.45) is 5.92 Å². The molecule has 2 heterocycles. The van der Waals surface area contributed by atoms with Crippen molar-refractivity contribution in [2.75, 3.05) is 23.4 Å². The Kier molecular flexibility index (Phi) is 4.24. The lowest BCUT2D eigenvalue weighted by atomic mass is 10.1. The molecule has 0 aliphatic carbocycles. The fourth-order valence-corrected chi connectivity index (χ4v) is 3.89. The summed E-state index contributed by atoms with van der Waals surface area (Å²) in [5.41, 5.74) is 0. The molecule has 0 amide bonds. The summed E-state index contributed by atoms with van der Waals surface area (Å²) in [5.74, 6) is 1.90. The lowest BCUT2D eigenvalue weighted by Crippen LogP contribution is -2.16. The molecule has 1 aromatic heterocycles. The molecule has 1 saturated heterocycles. The van der Waals surface area contributed by atoms with Gasteiger partial charge in [-0.15, -0.1) is 0 Å². The number of sulfone groups is 1. The van der Waals surface area contributed by atoms with E-state index in [4.69, 9.17) is 4.74 Å². The van der Waals surface area contributed by atoms with Crippen molar-refractivity contribution in [1.82, 2.24) is 9.97 Å². The standard InChI is InChI=1S/C12H19N3O3S/c1-9(2)18-12-5-11(14-8-15-12)13-6-10-3-4-19(16,17)7-10/h5,8-10H,3-4,6-7H2,1-2H3,(H,13,14,15). The van der Waals surface area contributed by atoms with Gasteiger partial charge in [0.05, 0.1) is 17.6 Å². The molecule has 1 aliphatic heterocycles. The van der Waals surface area contributed by atoms with E-state index in [-0.39, 0.29) is 17.8 Å². The summed E-state index contributed by atoms with van der Waals surface area (Å²) < 4.78 is 28.2. The van der Waals surface area contributed by atoms with Gasteiger partial charge in [0.15, 0.2) is 9.84 Å². The van der Waals surface area contributed by atoms with E-state index in [0.717, 1.165) is 6.42 Å². The number of aromatic nitrogens is 2. The third-order valence-electron chi connectivity index (χ3n) is 2.90. The minimum Gasteiger partial charge on any atom is -0.475 e. The van der Waals surface area contributed by atoms with Crippen LogP contribution in [0.1, 0.15) is 20.3 Å². The molecule has 7 heteroatoms. The van der Waals surface area contributed by atoms with Crippen LogP contribution in [0, 0.1) is 5.92 Å². The van der Waals surface area contributed by atoms with Crippen LogP contribution in [0.3, 0.4) is 0 Å². The van der Waals surface area contributed by atoms with E-state index in [1.54, 1.807) is 6.07 Å². The predicted octanol–water partition coefficient (Wildman–Crippen LogP) is 1.11. The Morgan fingerprint density at radius 1 is 1.47 bits per heavy atom. The average molecular weight is 285 g/mol. The van der Waals surface area contributed by atoms with Gasteiger partial charge in [0.25, 0.3) is 0 Å². The molecule has 0 spiro atoms. The average Bonchev–Trinajstić information content (AvgIpc) is 2.66. The summed E-state index contributed by atoms with van der Waals surface area (Å²) in [4.78, 5) is 8.11. The van der Waals surface area contributed by atoms with E-state index in [2.05, 4.69) is 15.3 Å². The molecule has 0 bridgehead atoms. The molecule has 106 valence electrons. The zero-order valence-corrected chi connectivity index (χ0v) is 12.0. The molecule has 1 fully saturated rings. The normalized spacial score (nSPS) is 21.5. The maximum absolute atomic E-state index is 11.4. The van der Waals surface area contributed by atoms with Gasteiger partial charge >= 0.3 is 0 Å². The lowest BCUT2D eigenvalue weighted by Gasteiger charge is -2.12. The van der Waals surface area contributed by atoms with Gasteiger partial charge in [-0.25, -0.2) is 18.4 Å². The minimum atomic E-state index is -2.82. The molecule has 2 rings (SSSR count). The van der Waals surface area contributed by atoms with Gasteiger partial charge in [-0.2, -0.15) is 0 Å². The van der Waals surface area contributed by atoms with E-state index < -0.39 is 9.84 Å². The third kappa shape index (κ3) is 4.34. The molecule has 0 aromatic carbocycles. The molecule has 1 aliphatic rings. The van der Waals surface area contributed by atoms with E-state index in [1.165, 1.54) is 6.33 Å². The number of nitrogens with one attached hydrogen (secondary N) is 1. The highest BCUT2D eigenvalue weighted by atomic mass is 32.2. The molecule has 6 nitrogen and oxygen atoms in total. The number of hydrogen-bond acceptors (Lipinski definition) is 6. The molecule has 19 heavy (non-hydrogen) atoms. The summed E-state index contributed by atoms with van der Waals surface area (Å²) in [6.45, 7) is 4.47. The largest absolute Gasteiger partial charge is 0.475 e. The Morgan fingerprint density at radius 2 is 2.26 bits per heavy atom. The van der Waals surface area contributed by atoms with Gasteiger partial charge in [-0.3, -0.25) is 0 Å². The van der Waals surface area contributed by atoms with Crippen molar-refractivity contribution in [3.8, 4) is 5.88 Å². The predicted molar refractivity (Wildman–Crippen MR) is 73.0 cm³/mol. The van der Waals surface area contributed by atoms with Crippen molar-refractivity contribution in [1.29, 1.82) is 0 Å². The minimum absolute atomic E-state index is 0.0581. The molecule has 0 saturated carbocycles. The van der Waals surface area contributed by atoms with Crippen LogP contribution in [0.2, 0.25) is 0 Å². The second kappa shape index (κ2) is 5.73. The molecule has 0 radical (unpaired) electrons. The summed E-state index contributed by atoms with van der Waals surface area (Å²) >= 11 is 0. The highest BCUT2D eigenvalue weighted by Crippen LogP contribution is 2.19. The Bertz CT molecular complexity index is 531. The Morgan fingerprint density at radius 3 is 2.89 bits per heavy atom. The van der Waals surface area contributed by atoms with Gasteiger partial charge < -0.3 is 10.1 Å². The SMILES string of the molecule is CC(C)Oc1cc(NCC2CCS(=O)(=O)C2)ncn1. The maximum atomic E-state index is 11.4. The monoisotopic (exact) mass is 285 g/mol.